The molecule has 0 unspecified atom stereocenters. The number of carbonyl (C=O) groups excluding carboxylic acids is 1. The summed E-state index contributed by atoms with van der Waals surface area (Å²) in [6, 6.07) is 26.4. The van der Waals surface area contributed by atoms with Gasteiger partial charge in [-0.05, 0) is 99.1 Å². The van der Waals surface area contributed by atoms with Crippen molar-refractivity contribution in [1.82, 2.24) is 9.63 Å². The van der Waals surface area contributed by atoms with Gasteiger partial charge in [0.05, 0.1) is 18.2 Å². The van der Waals surface area contributed by atoms with Gasteiger partial charge in [0, 0.05) is 11.6 Å². The fourth-order valence-corrected chi connectivity index (χ4v) is 5.20. The van der Waals surface area contributed by atoms with Crippen LogP contribution in [0.2, 0.25) is 0 Å². The first-order valence-corrected chi connectivity index (χ1v) is 12.9. The van der Waals surface area contributed by atoms with E-state index in [1.165, 1.54) is 36.2 Å². The summed E-state index contributed by atoms with van der Waals surface area (Å²) >= 11 is 0. The van der Waals surface area contributed by atoms with Gasteiger partial charge >= 0.3 is 5.97 Å². The van der Waals surface area contributed by atoms with E-state index in [-0.39, 0.29) is 0 Å². The summed E-state index contributed by atoms with van der Waals surface area (Å²) < 4.78 is 7.00. The van der Waals surface area contributed by atoms with E-state index in [9.17, 15) is 4.79 Å². The molecule has 1 aliphatic rings. The third-order valence-corrected chi connectivity index (χ3v) is 7.23. The number of likely N-dealkylation sites (tertiary alicyclic amines) is 1. The van der Waals surface area contributed by atoms with Crippen LogP contribution in [0.3, 0.4) is 0 Å². The smallest absolute Gasteiger partial charge is 0.363 e. The van der Waals surface area contributed by atoms with Gasteiger partial charge in [-0.3, -0.25) is 0 Å². The van der Waals surface area contributed by atoms with Gasteiger partial charge in [-0.1, -0.05) is 48.5 Å². The summed E-state index contributed by atoms with van der Waals surface area (Å²) in [5.41, 5.74) is 3.95. The number of benzene rings is 3. The number of aryl methyl sites for hydroxylation is 1. The second kappa shape index (κ2) is 11.4. The number of methoxy groups -OCH3 is 1. The van der Waals surface area contributed by atoms with Crippen LogP contribution in [0.4, 0.5) is 0 Å². The predicted molar refractivity (Wildman–Crippen MR) is 144 cm³/mol. The number of piperidine rings is 1. The number of fused-ring (bicyclic) bond motifs is 1. The Bertz CT molecular complexity index is 1290. The van der Waals surface area contributed by atoms with Crippen LogP contribution in [0, 0.1) is 0 Å². The number of rotatable bonds is 9. The predicted octanol–water partition coefficient (Wildman–Crippen LogP) is 6.12. The van der Waals surface area contributed by atoms with E-state index < -0.39 is 5.97 Å². The lowest BCUT2D eigenvalue weighted by Gasteiger charge is -2.32. The monoisotopic (exact) mass is 482 g/mol. The van der Waals surface area contributed by atoms with Crippen molar-refractivity contribution in [3.05, 3.63) is 102 Å². The number of aromatic nitrogens is 1. The largest absolute Gasteiger partial charge is 0.497 e. The van der Waals surface area contributed by atoms with Crippen molar-refractivity contribution in [1.29, 1.82) is 0 Å². The molecule has 0 radical (unpaired) electrons. The number of hydrogen-bond acceptors (Lipinski definition) is 4. The van der Waals surface area contributed by atoms with Crippen molar-refractivity contribution < 1.29 is 14.4 Å². The van der Waals surface area contributed by atoms with E-state index >= 15 is 0 Å². The molecule has 1 aromatic heterocycles. The molecule has 5 nitrogen and oxygen atoms in total. The number of unbranched alkanes of at least 4 members (excludes halogenated alkanes) is 1. The third kappa shape index (κ3) is 5.80. The van der Waals surface area contributed by atoms with Gasteiger partial charge in [0.2, 0.25) is 0 Å². The molecule has 0 amide bonds. The highest BCUT2D eigenvalue weighted by Crippen LogP contribution is 2.28. The summed E-state index contributed by atoms with van der Waals surface area (Å²) in [5, 5.41) is 1.03. The Kier molecular flexibility index (Phi) is 7.67. The zero-order valence-electron chi connectivity index (χ0n) is 20.9. The van der Waals surface area contributed by atoms with Gasteiger partial charge in [-0.25, -0.2) is 4.79 Å². The normalized spacial score (nSPS) is 14.7. The maximum atomic E-state index is 12.9. The minimum atomic E-state index is -0.391. The molecule has 0 atom stereocenters. The van der Waals surface area contributed by atoms with Crippen LogP contribution in [-0.2, 0) is 6.42 Å². The second-order valence-corrected chi connectivity index (χ2v) is 9.63. The average molecular weight is 483 g/mol. The molecule has 0 spiro atoms. The number of nitrogens with zero attached hydrogens (tertiary/aromatic N) is 2. The molecule has 0 saturated carbocycles. The van der Waals surface area contributed by atoms with E-state index in [0.717, 1.165) is 42.3 Å². The van der Waals surface area contributed by atoms with Gasteiger partial charge in [-0.15, -0.1) is 0 Å². The highest BCUT2D eigenvalue weighted by atomic mass is 16.7. The van der Waals surface area contributed by atoms with Crippen LogP contribution in [-0.4, -0.2) is 42.3 Å². The number of carbonyl (C=O) groups is 1. The van der Waals surface area contributed by atoms with Crippen molar-refractivity contribution in [3.8, 4) is 5.75 Å². The Hall–Kier alpha value is -3.57. The van der Waals surface area contributed by atoms with Crippen LogP contribution in [0.25, 0.3) is 10.9 Å². The van der Waals surface area contributed by atoms with Crippen LogP contribution < -0.4 is 9.57 Å². The van der Waals surface area contributed by atoms with Gasteiger partial charge in [-0.2, -0.15) is 4.73 Å². The summed E-state index contributed by atoms with van der Waals surface area (Å²) in [4.78, 5) is 21.2. The molecule has 0 N–H and O–H groups in total. The Morgan fingerprint density at radius 3 is 2.50 bits per heavy atom. The van der Waals surface area contributed by atoms with E-state index in [0.29, 0.717) is 17.2 Å². The first-order chi connectivity index (χ1) is 17.7. The highest BCUT2D eigenvalue weighted by molar-refractivity contribution is 5.91. The second-order valence-electron chi connectivity index (χ2n) is 9.63. The number of ether oxygens (including phenoxy) is 1. The summed E-state index contributed by atoms with van der Waals surface area (Å²) in [6.45, 7) is 3.46. The molecule has 5 rings (SSSR count). The molecule has 3 aromatic carbocycles. The molecular weight excluding hydrogens is 448 g/mol. The van der Waals surface area contributed by atoms with Crippen LogP contribution in [0.5, 0.6) is 5.75 Å². The Morgan fingerprint density at radius 2 is 1.69 bits per heavy atom. The van der Waals surface area contributed by atoms with E-state index in [2.05, 4.69) is 35.2 Å². The van der Waals surface area contributed by atoms with Gasteiger partial charge < -0.3 is 14.5 Å². The molecular formula is C31H34N2O3. The topological polar surface area (TPSA) is 43.7 Å². The van der Waals surface area contributed by atoms with Crippen LogP contribution in [0.1, 0.15) is 53.1 Å². The summed E-state index contributed by atoms with van der Waals surface area (Å²) in [7, 11) is 1.63. The summed E-state index contributed by atoms with van der Waals surface area (Å²) in [5.74, 6) is 0.986. The molecule has 2 heterocycles. The standard InChI is InChI=1S/C31H34N2O3/c1-35-29-22-24(9-7-8-17-32-18-14-26(15-19-32)25-10-3-2-4-11-25)21-28(23-29)31(34)36-33-20-16-27-12-5-6-13-30(27)33/h2-6,10-13,16,20-23,26H,7-9,14-15,17-19H2,1H3. The Labute approximate surface area is 213 Å². The van der Waals surface area contributed by atoms with Crippen LogP contribution in [0.15, 0.2) is 85.1 Å². The van der Waals surface area contributed by atoms with Gasteiger partial charge in [0.15, 0.2) is 0 Å². The molecule has 4 aromatic rings. The van der Waals surface area contributed by atoms with Gasteiger partial charge in [0.25, 0.3) is 0 Å². The maximum absolute atomic E-state index is 12.9. The number of hydrogen-bond donors (Lipinski definition) is 0. The Morgan fingerprint density at radius 1 is 0.917 bits per heavy atom. The van der Waals surface area contributed by atoms with Gasteiger partial charge in [0.1, 0.15) is 5.75 Å². The molecule has 1 fully saturated rings. The third-order valence-electron chi connectivity index (χ3n) is 7.23. The SMILES string of the molecule is COc1cc(CCCCN2CCC(c3ccccc3)CC2)cc(C(=O)On2ccc3ccccc32)c1. The molecule has 36 heavy (non-hydrogen) atoms. The van der Waals surface area contributed by atoms with Crippen molar-refractivity contribution in [3.63, 3.8) is 0 Å². The minimum Gasteiger partial charge on any atom is -0.497 e. The fraction of sp³-hybridized carbons (Fsp3) is 0.323. The Balaban J connectivity index is 1.13. The molecule has 0 aliphatic carbocycles. The van der Waals surface area contributed by atoms with Crippen molar-refractivity contribution in [2.75, 3.05) is 26.7 Å². The quantitative estimate of drug-likeness (QED) is 0.270. The number of para-hydroxylation sites is 1. The first-order valence-electron chi connectivity index (χ1n) is 12.9. The first kappa shape index (κ1) is 24.1. The highest BCUT2D eigenvalue weighted by Gasteiger charge is 2.20. The van der Waals surface area contributed by atoms with Crippen molar-refractivity contribution in [2.45, 2.75) is 38.0 Å². The lowest BCUT2D eigenvalue weighted by atomic mass is 9.89. The van der Waals surface area contributed by atoms with E-state index in [1.807, 2.05) is 42.5 Å². The average Bonchev–Trinajstić information content (AvgIpc) is 3.34. The lowest BCUT2D eigenvalue weighted by Crippen LogP contribution is -2.33. The van der Waals surface area contributed by atoms with Crippen LogP contribution >= 0.6 is 0 Å². The van der Waals surface area contributed by atoms with E-state index in [1.54, 1.807) is 19.4 Å². The maximum Gasteiger partial charge on any atom is 0.363 e. The van der Waals surface area contributed by atoms with E-state index in [4.69, 9.17) is 9.57 Å². The zero-order valence-corrected chi connectivity index (χ0v) is 20.9. The molecule has 0 bridgehead atoms. The molecule has 186 valence electrons. The van der Waals surface area contributed by atoms with Crippen molar-refractivity contribution >= 4 is 16.9 Å². The molecule has 1 saturated heterocycles. The molecule has 5 heteroatoms. The lowest BCUT2D eigenvalue weighted by molar-refractivity contribution is 0.0482. The summed E-state index contributed by atoms with van der Waals surface area (Å²) in [6.07, 6.45) is 7.37. The fourth-order valence-electron chi connectivity index (χ4n) is 5.20. The van der Waals surface area contributed by atoms with Crippen molar-refractivity contribution in [2.24, 2.45) is 0 Å². The zero-order chi connectivity index (χ0) is 24.7. The minimum absolute atomic E-state index is 0.391. The molecule has 1 aliphatic heterocycles.